The molecule has 4 amide bonds. The Hall–Kier alpha value is -4.03. The molecule has 3 saturated heterocycles. The molecule has 12 nitrogen and oxygen atoms in total. The van der Waals surface area contributed by atoms with Gasteiger partial charge in [0.2, 0.25) is 0 Å². The minimum atomic E-state index is -0.936. The van der Waals surface area contributed by atoms with Gasteiger partial charge in [-0.15, -0.1) is 0 Å². The van der Waals surface area contributed by atoms with E-state index in [-0.39, 0.29) is 24.4 Å². The number of piperazine rings is 1. The molecule has 0 radical (unpaired) electrons. The summed E-state index contributed by atoms with van der Waals surface area (Å²) in [6, 6.07) is 12.4. The molecule has 0 unspecified atom stereocenters. The second kappa shape index (κ2) is 14.8. The smallest absolute Gasteiger partial charge is 0.410 e. The number of amides is 4. The SMILES string of the molecule is Cc1cc(C[C@@H](OC(=O)N2CCC(N3CCc4ccccc4NC3=O)CC2)C(=O)N2CCC(N3CCNCC3)CC2)cc2c1N(C)CCO2. The van der Waals surface area contributed by atoms with E-state index in [0.29, 0.717) is 58.2 Å². The molecule has 2 aromatic carbocycles. The number of benzene rings is 2. The zero-order valence-electron chi connectivity index (χ0n) is 29.0. The molecule has 12 heteroatoms. The van der Waals surface area contributed by atoms with E-state index >= 15 is 0 Å². The van der Waals surface area contributed by atoms with Crippen LogP contribution in [0.5, 0.6) is 5.75 Å². The Morgan fingerprint density at radius 1 is 0.918 bits per heavy atom. The zero-order valence-corrected chi connectivity index (χ0v) is 29.0. The van der Waals surface area contributed by atoms with E-state index in [2.05, 4.69) is 46.5 Å². The molecule has 2 N–H and O–H groups in total. The number of carbonyl (C=O) groups is 3. The van der Waals surface area contributed by atoms with Crippen molar-refractivity contribution in [2.45, 2.75) is 63.6 Å². The minimum Gasteiger partial charge on any atom is -0.490 e. The van der Waals surface area contributed by atoms with Gasteiger partial charge < -0.3 is 39.7 Å². The van der Waals surface area contributed by atoms with Crippen molar-refractivity contribution in [3.05, 3.63) is 53.1 Å². The fraction of sp³-hybridized carbons (Fsp3) is 0.595. The van der Waals surface area contributed by atoms with Crippen LogP contribution < -0.4 is 20.3 Å². The van der Waals surface area contributed by atoms with Crippen molar-refractivity contribution in [2.75, 3.05) is 89.3 Å². The summed E-state index contributed by atoms with van der Waals surface area (Å²) in [6.07, 6.45) is 2.84. The first-order chi connectivity index (χ1) is 23.8. The van der Waals surface area contributed by atoms with Crippen LogP contribution in [0.25, 0.3) is 0 Å². The summed E-state index contributed by atoms with van der Waals surface area (Å²) in [5.74, 6) is 0.678. The molecule has 2 aromatic rings. The highest BCUT2D eigenvalue weighted by Gasteiger charge is 2.36. The molecule has 7 rings (SSSR count). The van der Waals surface area contributed by atoms with E-state index < -0.39 is 12.2 Å². The standard InChI is InChI=1S/C37H51N7O5/c1-26-23-27(24-32-34(26)40(2)21-22-48-32)25-33(35(45)42-14-8-29(9-15-42)41-19-12-38-13-20-41)49-37(47)43-16-10-30(11-17-43)44-18-7-28-5-3-4-6-31(28)39-36(44)46/h3-6,23-24,29-30,33,38H,7-22,25H2,1-2H3,(H,39,46)/t33-/m1/s1. The van der Waals surface area contributed by atoms with Crippen LogP contribution in [-0.2, 0) is 22.4 Å². The number of ether oxygens (including phenoxy) is 2. The lowest BCUT2D eigenvalue weighted by molar-refractivity contribution is -0.142. The Balaban J connectivity index is 1.01. The molecule has 49 heavy (non-hydrogen) atoms. The van der Waals surface area contributed by atoms with Crippen LogP contribution in [0.3, 0.4) is 0 Å². The lowest BCUT2D eigenvalue weighted by Crippen LogP contribution is -2.54. The topological polar surface area (TPSA) is 110 Å². The maximum Gasteiger partial charge on any atom is 0.410 e. The highest BCUT2D eigenvalue weighted by Crippen LogP contribution is 2.36. The van der Waals surface area contributed by atoms with Gasteiger partial charge in [-0.05, 0) is 67.9 Å². The summed E-state index contributed by atoms with van der Waals surface area (Å²) in [6.45, 7) is 10.5. The highest BCUT2D eigenvalue weighted by atomic mass is 16.6. The van der Waals surface area contributed by atoms with Gasteiger partial charge in [-0.3, -0.25) is 9.69 Å². The van der Waals surface area contributed by atoms with Crippen molar-refractivity contribution in [3.8, 4) is 5.75 Å². The largest absolute Gasteiger partial charge is 0.490 e. The number of aryl methyl sites for hydroxylation is 1. The van der Waals surface area contributed by atoms with E-state index in [4.69, 9.17) is 9.47 Å². The number of likely N-dealkylation sites (tertiary alicyclic amines) is 2. The van der Waals surface area contributed by atoms with Crippen LogP contribution in [0.15, 0.2) is 36.4 Å². The number of anilines is 2. The summed E-state index contributed by atoms with van der Waals surface area (Å²) < 4.78 is 12.2. The Kier molecular flexibility index (Phi) is 10.1. The molecule has 0 spiro atoms. The number of carbonyl (C=O) groups excluding carboxylic acids is 3. The van der Waals surface area contributed by atoms with Crippen molar-refractivity contribution in [1.82, 2.24) is 24.9 Å². The molecule has 264 valence electrons. The van der Waals surface area contributed by atoms with E-state index in [1.54, 1.807) is 4.90 Å². The van der Waals surface area contributed by atoms with Gasteiger partial charge in [0.1, 0.15) is 12.4 Å². The van der Waals surface area contributed by atoms with Gasteiger partial charge in [-0.2, -0.15) is 0 Å². The lowest BCUT2D eigenvalue weighted by atomic mass is 9.99. The number of piperidine rings is 2. The minimum absolute atomic E-state index is 0.0318. The summed E-state index contributed by atoms with van der Waals surface area (Å²) in [5, 5.41) is 6.49. The van der Waals surface area contributed by atoms with Crippen molar-refractivity contribution in [3.63, 3.8) is 0 Å². The third-order valence-corrected chi connectivity index (χ3v) is 11.1. The van der Waals surface area contributed by atoms with Crippen LogP contribution in [0, 0.1) is 6.92 Å². The van der Waals surface area contributed by atoms with Crippen LogP contribution in [-0.4, -0.2) is 135 Å². The summed E-state index contributed by atoms with van der Waals surface area (Å²) >= 11 is 0. The zero-order chi connectivity index (χ0) is 33.9. The third-order valence-electron chi connectivity index (χ3n) is 11.1. The first kappa shape index (κ1) is 33.5. The Labute approximate surface area is 289 Å². The maximum atomic E-state index is 14.2. The van der Waals surface area contributed by atoms with Gasteiger partial charge in [-0.1, -0.05) is 24.3 Å². The number of hydrogen-bond acceptors (Lipinski definition) is 8. The van der Waals surface area contributed by atoms with E-state index in [9.17, 15) is 14.4 Å². The number of fused-ring (bicyclic) bond motifs is 2. The van der Waals surface area contributed by atoms with Gasteiger partial charge in [-0.25, -0.2) is 9.59 Å². The summed E-state index contributed by atoms with van der Waals surface area (Å²) in [5.41, 5.74) is 5.06. The monoisotopic (exact) mass is 673 g/mol. The molecule has 3 fully saturated rings. The van der Waals surface area contributed by atoms with Crippen molar-refractivity contribution >= 4 is 29.4 Å². The van der Waals surface area contributed by atoms with Crippen LogP contribution >= 0.6 is 0 Å². The number of likely N-dealkylation sites (N-methyl/N-ethyl adjacent to an activating group) is 1. The van der Waals surface area contributed by atoms with Gasteiger partial charge in [0.15, 0.2) is 6.10 Å². The molecule has 0 aliphatic carbocycles. The Morgan fingerprint density at radius 3 is 2.41 bits per heavy atom. The van der Waals surface area contributed by atoms with Crippen molar-refractivity contribution in [2.24, 2.45) is 0 Å². The number of nitrogens with one attached hydrogen (secondary N) is 2. The van der Waals surface area contributed by atoms with Gasteiger partial charge in [0.05, 0.1) is 12.2 Å². The van der Waals surface area contributed by atoms with Gasteiger partial charge >= 0.3 is 12.1 Å². The van der Waals surface area contributed by atoms with E-state index in [1.807, 2.05) is 34.1 Å². The Morgan fingerprint density at radius 2 is 1.63 bits per heavy atom. The maximum absolute atomic E-state index is 14.2. The lowest BCUT2D eigenvalue weighted by Gasteiger charge is -2.41. The fourth-order valence-electron chi connectivity index (χ4n) is 8.33. The average molecular weight is 674 g/mol. The number of rotatable bonds is 6. The fourth-order valence-corrected chi connectivity index (χ4v) is 8.33. The summed E-state index contributed by atoms with van der Waals surface area (Å²) in [4.78, 5) is 51.3. The average Bonchev–Trinajstić information content (AvgIpc) is 3.29. The molecule has 0 aromatic heterocycles. The second-order valence-electron chi connectivity index (χ2n) is 14.2. The van der Waals surface area contributed by atoms with Crippen LogP contribution in [0.1, 0.15) is 42.4 Å². The first-order valence-corrected chi connectivity index (χ1v) is 18.2. The molecular formula is C37H51N7O5. The predicted octanol–water partition coefficient (Wildman–Crippen LogP) is 3.32. The van der Waals surface area contributed by atoms with E-state index in [1.165, 1.54) is 0 Å². The molecule has 5 aliphatic rings. The van der Waals surface area contributed by atoms with Gasteiger partial charge in [0.25, 0.3) is 5.91 Å². The molecule has 1 atom stereocenters. The van der Waals surface area contributed by atoms with Crippen molar-refractivity contribution < 1.29 is 23.9 Å². The predicted molar refractivity (Wildman–Crippen MR) is 188 cm³/mol. The molecule has 0 saturated carbocycles. The first-order valence-electron chi connectivity index (χ1n) is 18.2. The second-order valence-corrected chi connectivity index (χ2v) is 14.2. The normalized spacial score (nSPS) is 21.6. The molecular weight excluding hydrogens is 622 g/mol. The number of para-hydroxylation sites is 1. The van der Waals surface area contributed by atoms with E-state index in [0.717, 1.165) is 85.8 Å². The summed E-state index contributed by atoms with van der Waals surface area (Å²) in [7, 11) is 2.06. The van der Waals surface area contributed by atoms with Crippen molar-refractivity contribution in [1.29, 1.82) is 0 Å². The quantitative estimate of drug-likeness (QED) is 0.481. The number of nitrogens with zero attached hydrogens (tertiary/aromatic N) is 5. The molecule has 0 bridgehead atoms. The van der Waals surface area contributed by atoms with Gasteiger partial charge in [0, 0.05) is 90.1 Å². The highest BCUT2D eigenvalue weighted by molar-refractivity contribution is 5.91. The number of urea groups is 1. The number of hydrogen-bond donors (Lipinski definition) is 2. The third kappa shape index (κ3) is 7.45. The van der Waals surface area contributed by atoms with Crippen LogP contribution in [0.4, 0.5) is 21.0 Å². The Bertz CT molecular complexity index is 1510. The molecule has 5 heterocycles. The molecule has 5 aliphatic heterocycles. The van der Waals surface area contributed by atoms with Crippen LogP contribution in [0.2, 0.25) is 0 Å².